The van der Waals surface area contributed by atoms with Gasteiger partial charge in [-0.05, 0) is 50.3 Å². The van der Waals surface area contributed by atoms with Crippen molar-refractivity contribution < 1.29 is 9.53 Å². The molecule has 2 fully saturated rings. The second kappa shape index (κ2) is 6.43. The van der Waals surface area contributed by atoms with Crippen LogP contribution in [0, 0.1) is 5.92 Å². The SMILES string of the molecule is COC(=O)c1ccnc(N(CC2CC2)CC2CCCN2)c1. The van der Waals surface area contributed by atoms with Crippen LogP contribution in [0.1, 0.15) is 36.0 Å². The molecular weight excluding hydrogens is 266 g/mol. The quantitative estimate of drug-likeness (QED) is 0.810. The number of nitrogens with one attached hydrogen (secondary N) is 1. The van der Waals surface area contributed by atoms with Crippen LogP contribution in [0.4, 0.5) is 5.82 Å². The number of anilines is 1. The Morgan fingerprint density at radius 3 is 2.95 bits per heavy atom. The molecule has 2 aliphatic rings. The molecule has 1 N–H and O–H groups in total. The van der Waals surface area contributed by atoms with Gasteiger partial charge in [-0.2, -0.15) is 0 Å². The zero-order chi connectivity index (χ0) is 14.7. The minimum absolute atomic E-state index is 0.302. The molecule has 1 atom stereocenters. The molecular formula is C16H23N3O2. The number of hydrogen-bond donors (Lipinski definition) is 1. The lowest BCUT2D eigenvalue weighted by molar-refractivity contribution is 0.0600. The van der Waals surface area contributed by atoms with Gasteiger partial charge in [0, 0.05) is 25.3 Å². The Hall–Kier alpha value is -1.62. The fourth-order valence-corrected chi connectivity index (χ4v) is 2.89. The van der Waals surface area contributed by atoms with Gasteiger partial charge in [-0.3, -0.25) is 0 Å². The van der Waals surface area contributed by atoms with E-state index in [0.29, 0.717) is 11.6 Å². The first-order valence-corrected chi connectivity index (χ1v) is 7.79. The average molecular weight is 289 g/mol. The van der Waals surface area contributed by atoms with E-state index in [0.717, 1.165) is 31.4 Å². The van der Waals surface area contributed by atoms with E-state index in [1.54, 1.807) is 12.3 Å². The van der Waals surface area contributed by atoms with E-state index in [1.807, 2.05) is 6.07 Å². The smallest absolute Gasteiger partial charge is 0.338 e. The lowest BCUT2D eigenvalue weighted by Crippen LogP contribution is -2.39. The summed E-state index contributed by atoms with van der Waals surface area (Å²) in [5.41, 5.74) is 0.572. The maximum Gasteiger partial charge on any atom is 0.338 e. The Morgan fingerprint density at radius 1 is 1.43 bits per heavy atom. The van der Waals surface area contributed by atoms with E-state index in [9.17, 15) is 4.79 Å². The topological polar surface area (TPSA) is 54.5 Å². The molecule has 3 rings (SSSR count). The summed E-state index contributed by atoms with van der Waals surface area (Å²) in [4.78, 5) is 18.5. The highest BCUT2D eigenvalue weighted by molar-refractivity contribution is 5.90. The Labute approximate surface area is 125 Å². The van der Waals surface area contributed by atoms with E-state index in [2.05, 4.69) is 15.2 Å². The van der Waals surface area contributed by atoms with Gasteiger partial charge in [0.2, 0.25) is 0 Å². The number of carbonyl (C=O) groups excluding carboxylic acids is 1. The van der Waals surface area contributed by atoms with E-state index in [-0.39, 0.29) is 5.97 Å². The van der Waals surface area contributed by atoms with Gasteiger partial charge in [-0.25, -0.2) is 9.78 Å². The highest BCUT2D eigenvalue weighted by Gasteiger charge is 2.27. The molecule has 5 nitrogen and oxygen atoms in total. The number of aromatic nitrogens is 1. The van der Waals surface area contributed by atoms with Crippen molar-refractivity contribution in [3.05, 3.63) is 23.9 Å². The molecule has 0 radical (unpaired) electrons. The van der Waals surface area contributed by atoms with Gasteiger partial charge in [0.25, 0.3) is 0 Å². The standard InChI is InChI=1S/C16H23N3O2/c1-21-16(20)13-6-8-18-15(9-13)19(10-12-4-5-12)11-14-3-2-7-17-14/h6,8-9,12,14,17H,2-5,7,10-11H2,1H3. The van der Waals surface area contributed by atoms with Crippen LogP contribution in [0.5, 0.6) is 0 Å². The summed E-state index contributed by atoms with van der Waals surface area (Å²) in [6.45, 7) is 3.11. The monoisotopic (exact) mass is 289 g/mol. The second-order valence-corrected chi connectivity index (χ2v) is 6.04. The number of carbonyl (C=O) groups is 1. The van der Waals surface area contributed by atoms with Crippen LogP contribution in [0.2, 0.25) is 0 Å². The third kappa shape index (κ3) is 3.73. The summed E-state index contributed by atoms with van der Waals surface area (Å²) in [5, 5.41) is 3.54. The first kappa shape index (κ1) is 14.3. The van der Waals surface area contributed by atoms with Gasteiger partial charge >= 0.3 is 5.97 Å². The largest absolute Gasteiger partial charge is 0.465 e. The molecule has 1 aromatic heterocycles. The number of esters is 1. The second-order valence-electron chi connectivity index (χ2n) is 6.04. The molecule has 114 valence electrons. The lowest BCUT2D eigenvalue weighted by atomic mass is 10.2. The van der Waals surface area contributed by atoms with Gasteiger partial charge in [0.05, 0.1) is 12.7 Å². The maximum absolute atomic E-state index is 11.7. The molecule has 1 unspecified atom stereocenters. The highest BCUT2D eigenvalue weighted by atomic mass is 16.5. The summed E-state index contributed by atoms with van der Waals surface area (Å²) in [5.74, 6) is 1.37. The zero-order valence-corrected chi connectivity index (χ0v) is 12.5. The molecule has 0 aromatic carbocycles. The molecule has 0 amide bonds. The van der Waals surface area contributed by atoms with Crippen molar-refractivity contribution in [3.8, 4) is 0 Å². The Kier molecular flexibility index (Phi) is 4.39. The Bertz CT molecular complexity index is 496. The van der Waals surface area contributed by atoms with Gasteiger partial charge in [-0.1, -0.05) is 0 Å². The van der Waals surface area contributed by atoms with Crippen LogP contribution in [-0.4, -0.2) is 43.7 Å². The number of pyridine rings is 1. The van der Waals surface area contributed by atoms with E-state index >= 15 is 0 Å². The van der Waals surface area contributed by atoms with Crippen molar-refractivity contribution in [2.75, 3.05) is 31.6 Å². The number of ether oxygens (including phenoxy) is 1. The van der Waals surface area contributed by atoms with Crippen molar-refractivity contribution in [3.63, 3.8) is 0 Å². The van der Waals surface area contributed by atoms with Crippen LogP contribution >= 0.6 is 0 Å². The van der Waals surface area contributed by atoms with Crippen molar-refractivity contribution in [2.45, 2.75) is 31.7 Å². The summed E-state index contributed by atoms with van der Waals surface area (Å²) in [6, 6.07) is 4.09. The molecule has 1 aliphatic carbocycles. The maximum atomic E-state index is 11.7. The van der Waals surface area contributed by atoms with Crippen molar-refractivity contribution in [1.29, 1.82) is 0 Å². The molecule has 0 spiro atoms. The number of methoxy groups -OCH3 is 1. The van der Waals surface area contributed by atoms with Crippen molar-refractivity contribution >= 4 is 11.8 Å². The van der Waals surface area contributed by atoms with Gasteiger partial charge in [0.15, 0.2) is 0 Å². The first-order chi connectivity index (χ1) is 10.3. The fraction of sp³-hybridized carbons (Fsp3) is 0.625. The molecule has 1 saturated heterocycles. The Morgan fingerprint density at radius 2 is 2.29 bits per heavy atom. The zero-order valence-electron chi connectivity index (χ0n) is 12.5. The predicted molar refractivity (Wildman–Crippen MR) is 81.5 cm³/mol. The highest BCUT2D eigenvalue weighted by Crippen LogP contribution is 2.31. The van der Waals surface area contributed by atoms with Crippen LogP contribution in [0.25, 0.3) is 0 Å². The molecule has 1 aliphatic heterocycles. The fourth-order valence-electron chi connectivity index (χ4n) is 2.89. The van der Waals surface area contributed by atoms with E-state index < -0.39 is 0 Å². The van der Waals surface area contributed by atoms with Gasteiger partial charge < -0.3 is 15.0 Å². The third-order valence-electron chi connectivity index (χ3n) is 4.27. The van der Waals surface area contributed by atoms with Crippen LogP contribution in [0.3, 0.4) is 0 Å². The molecule has 5 heteroatoms. The first-order valence-electron chi connectivity index (χ1n) is 7.79. The predicted octanol–water partition coefficient (Wildman–Crippen LogP) is 1.84. The molecule has 1 saturated carbocycles. The lowest BCUT2D eigenvalue weighted by Gasteiger charge is -2.27. The van der Waals surface area contributed by atoms with Crippen molar-refractivity contribution in [1.82, 2.24) is 10.3 Å². The van der Waals surface area contributed by atoms with Gasteiger partial charge in [0.1, 0.15) is 5.82 Å². The minimum Gasteiger partial charge on any atom is -0.465 e. The normalized spacial score (nSPS) is 21.3. The summed E-state index contributed by atoms with van der Waals surface area (Å²) < 4.78 is 4.80. The Balaban J connectivity index is 1.75. The van der Waals surface area contributed by atoms with Crippen LogP contribution in [0.15, 0.2) is 18.3 Å². The summed E-state index contributed by atoms with van der Waals surface area (Å²) >= 11 is 0. The van der Waals surface area contributed by atoms with E-state index in [1.165, 1.54) is 32.8 Å². The molecule has 1 aromatic rings. The van der Waals surface area contributed by atoms with Gasteiger partial charge in [-0.15, -0.1) is 0 Å². The summed E-state index contributed by atoms with van der Waals surface area (Å²) in [7, 11) is 1.41. The number of nitrogens with zero attached hydrogens (tertiary/aromatic N) is 2. The van der Waals surface area contributed by atoms with E-state index in [4.69, 9.17) is 4.74 Å². The number of hydrogen-bond acceptors (Lipinski definition) is 5. The number of rotatable bonds is 6. The van der Waals surface area contributed by atoms with Crippen LogP contribution < -0.4 is 10.2 Å². The average Bonchev–Trinajstić information content (AvgIpc) is 3.19. The molecule has 21 heavy (non-hydrogen) atoms. The molecule has 0 bridgehead atoms. The minimum atomic E-state index is -0.302. The summed E-state index contributed by atoms with van der Waals surface area (Å²) in [6.07, 6.45) is 6.79. The van der Waals surface area contributed by atoms with Crippen molar-refractivity contribution in [2.24, 2.45) is 5.92 Å². The van der Waals surface area contributed by atoms with Crippen LogP contribution in [-0.2, 0) is 4.74 Å². The molecule has 2 heterocycles. The third-order valence-corrected chi connectivity index (χ3v) is 4.27.